The van der Waals surface area contributed by atoms with Crippen molar-refractivity contribution in [3.05, 3.63) is 399 Å². The monoisotopic (exact) mass is 1480 g/mol. The van der Waals surface area contributed by atoms with Crippen molar-refractivity contribution in [3.8, 4) is 136 Å². The average Bonchev–Trinajstić information content (AvgIpc) is 1.56. The van der Waals surface area contributed by atoms with E-state index in [2.05, 4.69) is 322 Å². The number of benzene rings is 16. The lowest BCUT2D eigenvalue weighted by atomic mass is 9.96. The molecule has 10 heteroatoms. The van der Waals surface area contributed by atoms with Gasteiger partial charge in [0.25, 0.3) is 0 Å². The lowest BCUT2D eigenvalue weighted by Crippen LogP contribution is -2.03. The fraction of sp³-hybridized carbons (Fsp3) is 0. The molecule has 0 saturated carbocycles. The molecule has 22 rings (SSSR count). The fourth-order valence-electron chi connectivity index (χ4n) is 17.6. The molecule has 0 aliphatic carbocycles. The van der Waals surface area contributed by atoms with E-state index in [0.717, 1.165) is 200 Å². The number of fused-ring (bicyclic) bond motifs is 12. The Morgan fingerprint density at radius 1 is 0.181 bits per heavy atom. The van der Waals surface area contributed by atoms with E-state index < -0.39 is 0 Å². The molecule has 0 atom stereocenters. The number of aromatic nitrogens is 8. The van der Waals surface area contributed by atoms with E-state index >= 15 is 0 Å². The molecule has 6 heterocycles. The summed E-state index contributed by atoms with van der Waals surface area (Å²) >= 11 is 0. The number of rotatable bonds is 13. The molecule has 22 aromatic rings. The van der Waals surface area contributed by atoms with Gasteiger partial charge in [-0.2, -0.15) is 10.5 Å². The maximum Gasteiger partial charge on any atom is 0.160 e. The normalized spacial score (nSPS) is 11.6. The second kappa shape index (κ2) is 27.4. The number of para-hydroxylation sites is 6. The molecule has 0 aliphatic heterocycles. The quantitative estimate of drug-likeness (QED) is 0.113. The van der Waals surface area contributed by atoms with Gasteiger partial charge in [0, 0.05) is 98.7 Å². The predicted molar refractivity (Wildman–Crippen MR) is 473 cm³/mol. The van der Waals surface area contributed by atoms with E-state index in [9.17, 15) is 10.5 Å². The Labute approximate surface area is 667 Å². The highest BCUT2D eigenvalue weighted by Gasteiger charge is 2.27. The maximum absolute atomic E-state index is 11.1. The summed E-state index contributed by atoms with van der Waals surface area (Å²) in [4.78, 5) is 21.5. The molecule has 6 aromatic heterocycles. The Morgan fingerprint density at radius 2 is 0.422 bits per heavy atom. The first-order chi connectivity index (χ1) is 57.4. The molecule has 0 fully saturated rings. The molecule has 0 amide bonds. The zero-order valence-corrected chi connectivity index (χ0v) is 62.4. The SMILES string of the molecule is N#Cc1ccc(-n2c3ccccc3c3cc(-c4cc(-c5nc(-c6ccccc6)cc(-c6ccccc6)n5)ccc4-n4c5ccccc5c5ccccc54)ccc32)c(-c2cc(C#N)ccc2-n2c3ccccc3c3cc(-c4cc(-c5nc(-c6ccccc6)cc(-c6ccccc6)n5)ccc4-n4c5ccccc5c5ccccc54)ccc32)c1. The Balaban J connectivity index is 0.730. The van der Waals surface area contributed by atoms with E-state index in [-0.39, 0.29) is 0 Å². The van der Waals surface area contributed by atoms with Crippen molar-refractivity contribution in [1.29, 1.82) is 10.5 Å². The number of hydrogen-bond donors (Lipinski definition) is 0. The van der Waals surface area contributed by atoms with Gasteiger partial charge in [0.15, 0.2) is 11.6 Å². The number of hydrogen-bond acceptors (Lipinski definition) is 6. The van der Waals surface area contributed by atoms with Crippen LogP contribution in [-0.2, 0) is 0 Å². The van der Waals surface area contributed by atoms with E-state index in [1.54, 1.807) is 0 Å². The molecule has 538 valence electrons. The number of nitrogens with zero attached hydrogens (tertiary/aromatic N) is 10. The third-order valence-corrected chi connectivity index (χ3v) is 22.9. The van der Waals surface area contributed by atoms with Gasteiger partial charge in [-0.3, -0.25) is 0 Å². The van der Waals surface area contributed by atoms with Gasteiger partial charge in [0.2, 0.25) is 0 Å². The first-order valence-electron chi connectivity index (χ1n) is 38.9. The van der Waals surface area contributed by atoms with Crippen LogP contribution in [0.2, 0.25) is 0 Å². The van der Waals surface area contributed by atoms with Crippen molar-refractivity contribution in [2.45, 2.75) is 0 Å². The summed E-state index contributed by atoms with van der Waals surface area (Å²) in [6.07, 6.45) is 0. The van der Waals surface area contributed by atoms with Gasteiger partial charge in [-0.05, 0) is 157 Å². The van der Waals surface area contributed by atoms with Crippen molar-refractivity contribution in [1.82, 2.24) is 38.2 Å². The van der Waals surface area contributed by atoms with Crippen LogP contribution in [0.4, 0.5) is 0 Å². The third-order valence-electron chi connectivity index (χ3n) is 22.9. The first kappa shape index (κ1) is 66.8. The topological polar surface area (TPSA) is 119 Å². The molecule has 0 unspecified atom stereocenters. The van der Waals surface area contributed by atoms with E-state index in [1.165, 1.54) is 0 Å². The third kappa shape index (κ3) is 11.1. The van der Waals surface area contributed by atoms with E-state index in [0.29, 0.717) is 22.8 Å². The molecule has 16 aromatic carbocycles. The Bertz CT molecular complexity index is 7160. The Morgan fingerprint density at radius 3 is 0.716 bits per heavy atom. The largest absolute Gasteiger partial charge is 0.309 e. The van der Waals surface area contributed by atoms with Crippen molar-refractivity contribution >= 4 is 87.2 Å². The minimum absolute atomic E-state index is 0.480. The molecule has 0 bridgehead atoms. The van der Waals surface area contributed by atoms with Gasteiger partial charge >= 0.3 is 0 Å². The molecule has 0 N–H and O–H groups in total. The van der Waals surface area contributed by atoms with Crippen LogP contribution < -0.4 is 0 Å². The lowest BCUT2D eigenvalue weighted by molar-refractivity contribution is 1.16. The van der Waals surface area contributed by atoms with Crippen LogP contribution in [-0.4, -0.2) is 38.2 Å². The van der Waals surface area contributed by atoms with Crippen molar-refractivity contribution in [2.24, 2.45) is 0 Å². The van der Waals surface area contributed by atoms with Crippen LogP contribution in [0.15, 0.2) is 388 Å². The van der Waals surface area contributed by atoms with Gasteiger partial charge in [0.05, 0.1) is 113 Å². The van der Waals surface area contributed by atoms with Gasteiger partial charge in [-0.1, -0.05) is 243 Å². The molecule has 116 heavy (non-hydrogen) atoms. The maximum atomic E-state index is 11.1. The van der Waals surface area contributed by atoms with Crippen molar-refractivity contribution in [2.75, 3.05) is 0 Å². The molecule has 10 nitrogen and oxygen atoms in total. The van der Waals surface area contributed by atoms with Crippen LogP contribution in [0.5, 0.6) is 0 Å². The van der Waals surface area contributed by atoms with Gasteiger partial charge in [-0.15, -0.1) is 0 Å². The summed E-state index contributed by atoms with van der Waals surface area (Å²) in [6, 6.07) is 141. The van der Waals surface area contributed by atoms with Gasteiger partial charge in [0.1, 0.15) is 0 Å². The molecule has 0 spiro atoms. The van der Waals surface area contributed by atoms with E-state index in [1.807, 2.05) is 97.1 Å². The summed E-state index contributed by atoms with van der Waals surface area (Å²) in [5.74, 6) is 1.22. The van der Waals surface area contributed by atoms with Gasteiger partial charge < -0.3 is 18.3 Å². The van der Waals surface area contributed by atoms with Crippen LogP contribution in [0.3, 0.4) is 0 Å². The summed E-state index contributed by atoms with van der Waals surface area (Å²) in [7, 11) is 0. The average molecular weight is 1480 g/mol. The molecule has 0 saturated heterocycles. The zero-order chi connectivity index (χ0) is 76.9. The summed E-state index contributed by atoms with van der Waals surface area (Å²) in [6.45, 7) is 0. The lowest BCUT2D eigenvalue weighted by Gasteiger charge is -2.19. The zero-order valence-electron chi connectivity index (χ0n) is 62.4. The highest BCUT2D eigenvalue weighted by atomic mass is 15.0. The van der Waals surface area contributed by atoms with E-state index in [4.69, 9.17) is 19.9 Å². The molecule has 0 aliphatic rings. The summed E-state index contributed by atoms with van der Waals surface area (Å²) in [5.41, 5.74) is 27.5. The minimum Gasteiger partial charge on any atom is -0.309 e. The molecular weight excluding hydrogens is 1410 g/mol. The van der Waals surface area contributed by atoms with Gasteiger partial charge in [-0.25, -0.2) is 19.9 Å². The van der Waals surface area contributed by atoms with Crippen molar-refractivity contribution < 1.29 is 0 Å². The smallest absolute Gasteiger partial charge is 0.160 e. The molecular formula is C106H64N10. The van der Waals surface area contributed by atoms with Crippen LogP contribution in [0.1, 0.15) is 11.1 Å². The van der Waals surface area contributed by atoms with Crippen LogP contribution in [0, 0.1) is 22.7 Å². The van der Waals surface area contributed by atoms with Crippen molar-refractivity contribution in [3.63, 3.8) is 0 Å². The summed E-state index contributed by atoms with van der Waals surface area (Å²) < 4.78 is 9.46. The summed E-state index contributed by atoms with van der Waals surface area (Å²) in [5, 5.41) is 30.9. The second-order valence-electron chi connectivity index (χ2n) is 29.4. The standard InChI is InChI=1S/C106H64N10/c107-65-67-45-51-101(115-97-43-23-17-37-81(97)87-59-73(47-53-103(87)115)83-61-75(49-55-99(83)113-93-39-19-13-33-77(93)78-34-14-20-40-94(78)113)105-109-89(69-25-5-1-6-26-69)63-90(110-105)70-27-7-2-8-28-70)85(57-67)86-58-68(66-108)46-52-102(86)116-98-44-24-18-38-82(98)88-60-74(48-54-104(88)116)84-62-76(50-56-100(84)114-95-41-21-15-35-79(95)80-36-16-22-42-96(80)114)106-111-91(71-29-9-3-10-30-71)64-92(112-106)72-31-11-4-12-32-72/h1-64H. The number of nitriles is 2. The van der Waals surface area contributed by atoms with Crippen LogP contribution in [0.25, 0.3) is 211 Å². The first-order valence-corrected chi connectivity index (χ1v) is 38.9. The highest BCUT2D eigenvalue weighted by molar-refractivity contribution is 6.15. The molecule has 0 radical (unpaired) electrons. The highest BCUT2D eigenvalue weighted by Crippen LogP contribution is 2.47. The minimum atomic E-state index is 0.480. The second-order valence-corrected chi connectivity index (χ2v) is 29.4. The Kier molecular flexibility index (Phi) is 15.8. The predicted octanol–water partition coefficient (Wildman–Crippen LogP) is 26.4. The Hall–Kier alpha value is -16.1. The fourth-order valence-corrected chi connectivity index (χ4v) is 17.6. The van der Waals surface area contributed by atoms with Crippen LogP contribution >= 0.6 is 0 Å².